The monoisotopic (exact) mass is 508 g/mol. The molecule has 8 heteroatoms. The SMILES string of the molecule is CN=C(NCCCCn1ccccc1=O)NCc1ccc(Cl)cc1Cl.I. The summed E-state index contributed by atoms with van der Waals surface area (Å²) in [5.74, 6) is 0.711. The van der Waals surface area contributed by atoms with Crippen LogP contribution >= 0.6 is 47.2 Å². The van der Waals surface area contributed by atoms with Crippen LogP contribution in [0.1, 0.15) is 18.4 Å². The zero-order valence-corrected chi connectivity index (χ0v) is 18.4. The van der Waals surface area contributed by atoms with Crippen molar-refractivity contribution < 1.29 is 0 Å². The molecule has 0 saturated carbocycles. The molecule has 2 N–H and O–H groups in total. The Kier molecular flexibility index (Phi) is 10.7. The molecule has 1 aromatic heterocycles. The summed E-state index contributed by atoms with van der Waals surface area (Å²) in [5, 5.41) is 7.72. The van der Waals surface area contributed by atoms with E-state index in [9.17, 15) is 4.79 Å². The van der Waals surface area contributed by atoms with Gasteiger partial charge in [-0.1, -0.05) is 35.3 Å². The van der Waals surface area contributed by atoms with E-state index in [1.54, 1.807) is 29.8 Å². The Morgan fingerprint density at radius 1 is 1.15 bits per heavy atom. The molecule has 0 aliphatic rings. The number of hydrogen-bond donors (Lipinski definition) is 2. The van der Waals surface area contributed by atoms with E-state index in [4.69, 9.17) is 23.2 Å². The van der Waals surface area contributed by atoms with Gasteiger partial charge in [0, 0.05) is 49.0 Å². The van der Waals surface area contributed by atoms with Crippen molar-refractivity contribution in [2.24, 2.45) is 4.99 Å². The molecule has 0 bridgehead atoms. The van der Waals surface area contributed by atoms with Gasteiger partial charge in [0.15, 0.2) is 5.96 Å². The third kappa shape index (κ3) is 7.55. The number of halogens is 3. The molecule has 142 valence electrons. The van der Waals surface area contributed by atoms with Crippen molar-refractivity contribution in [1.29, 1.82) is 0 Å². The molecule has 2 rings (SSSR count). The molecular formula is C18H23Cl2IN4O. The third-order valence-corrected chi connectivity index (χ3v) is 4.29. The first-order chi connectivity index (χ1) is 12.1. The minimum Gasteiger partial charge on any atom is -0.356 e. The molecule has 0 fully saturated rings. The molecule has 0 aliphatic carbocycles. The first kappa shape index (κ1) is 22.8. The number of aromatic nitrogens is 1. The number of aliphatic imine (C=N–C) groups is 1. The molecule has 0 saturated heterocycles. The zero-order valence-electron chi connectivity index (χ0n) is 14.5. The van der Waals surface area contributed by atoms with Crippen LogP contribution in [0.25, 0.3) is 0 Å². The minimum atomic E-state index is 0. The molecule has 0 amide bonds. The average Bonchev–Trinajstić information content (AvgIpc) is 2.60. The highest BCUT2D eigenvalue weighted by Gasteiger charge is 2.03. The Labute approximate surface area is 180 Å². The predicted octanol–water partition coefficient (Wildman–Crippen LogP) is 3.92. The fraction of sp³-hybridized carbons (Fsp3) is 0.333. The Morgan fingerprint density at radius 3 is 2.65 bits per heavy atom. The number of nitrogens with one attached hydrogen (secondary N) is 2. The van der Waals surface area contributed by atoms with Crippen LogP contribution in [-0.2, 0) is 13.1 Å². The summed E-state index contributed by atoms with van der Waals surface area (Å²) >= 11 is 12.1. The predicted molar refractivity (Wildman–Crippen MR) is 120 cm³/mol. The highest BCUT2D eigenvalue weighted by atomic mass is 127. The number of guanidine groups is 1. The third-order valence-electron chi connectivity index (χ3n) is 3.70. The van der Waals surface area contributed by atoms with Crippen molar-refractivity contribution >= 4 is 53.1 Å². The van der Waals surface area contributed by atoms with Crippen LogP contribution in [0.15, 0.2) is 52.4 Å². The molecule has 26 heavy (non-hydrogen) atoms. The standard InChI is InChI=1S/C18H22Cl2N4O.HI/c1-21-18(23-13-14-7-8-15(19)12-16(14)20)22-9-3-5-11-24-10-4-2-6-17(24)25;/h2,4,6-8,10,12H,3,5,9,11,13H2,1H3,(H2,21,22,23);1H. The lowest BCUT2D eigenvalue weighted by molar-refractivity contribution is 0.585. The van der Waals surface area contributed by atoms with Crippen LogP contribution in [0.2, 0.25) is 10.0 Å². The van der Waals surface area contributed by atoms with Gasteiger partial charge in [0.25, 0.3) is 0 Å². The molecule has 0 spiro atoms. The highest BCUT2D eigenvalue weighted by molar-refractivity contribution is 14.0. The smallest absolute Gasteiger partial charge is 0.250 e. The maximum Gasteiger partial charge on any atom is 0.250 e. The van der Waals surface area contributed by atoms with Gasteiger partial charge in [-0.15, -0.1) is 24.0 Å². The van der Waals surface area contributed by atoms with Crippen molar-refractivity contribution in [3.05, 3.63) is 68.6 Å². The lowest BCUT2D eigenvalue weighted by Gasteiger charge is -2.13. The van der Waals surface area contributed by atoms with E-state index in [0.29, 0.717) is 29.1 Å². The molecule has 5 nitrogen and oxygen atoms in total. The second kappa shape index (κ2) is 12.2. The molecule has 1 heterocycles. The first-order valence-corrected chi connectivity index (χ1v) is 8.89. The number of benzene rings is 1. The number of rotatable bonds is 7. The molecule has 1 aromatic carbocycles. The maximum atomic E-state index is 11.6. The van der Waals surface area contributed by atoms with E-state index in [0.717, 1.165) is 24.9 Å². The van der Waals surface area contributed by atoms with E-state index in [2.05, 4.69) is 15.6 Å². The highest BCUT2D eigenvalue weighted by Crippen LogP contribution is 2.20. The Hall–Kier alpha value is -1.25. The minimum absolute atomic E-state index is 0. The van der Waals surface area contributed by atoms with Crippen LogP contribution < -0.4 is 16.2 Å². The van der Waals surface area contributed by atoms with Gasteiger partial charge in [0.2, 0.25) is 5.56 Å². The normalized spacial score (nSPS) is 11.0. The fourth-order valence-corrected chi connectivity index (χ4v) is 2.80. The summed E-state index contributed by atoms with van der Waals surface area (Å²) in [6.45, 7) is 2.05. The van der Waals surface area contributed by atoms with Gasteiger partial charge >= 0.3 is 0 Å². The summed E-state index contributed by atoms with van der Waals surface area (Å²) in [6, 6.07) is 10.6. The van der Waals surface area contributed by atoms with Crippen LogP contribution in [-0.4, -0.2) is 24.1 Å². The summed E-state index contributed by atoms with van der Waals surface area (Å²) in [5.41, 5.74) is 0.991. The van der Waals surface area contributed by atoms with Crippen molar-refractivity contribution in [1.82, 2.24) is 15.2 Å². The zero-order chi connectivity index (χ0) is 18.1. The molecule has 0 atom stereocenters. The van der Waals surface area contributed by atoms with Crippen molar-refractivity contribution in [3.63, 3.8) is 0 Å². The Bertz CT molecular complexity index is 780. The van der Waals surface area contributed by atoms with Gasteiger partial charge in [0.05, 0.1) is 0 Å². The quantitative estimate of drug-likeness (QED) is 0.258. The van der Waals surface area contributed by atoms with Crippen molar-refractivity contribution in [2.75, 3.05) is 13.6 Å². The van der Waals surface area contributed by atoms with Gasteiger partial charge < -0.3 is 15.2 Å². The van der Waals surface area contributed by atoms with Gasteiger partial charge in [-0.3, -0.25) is 9.79 Å². The Balaban J connectivity index is 0.00000338. The van der Waals surface area contributed by atoms with Gasteiger partial charge in [0.1, 0.15) is 0 Å². The van der Waals surface area contributed by atoms with E-state index in [-0.39, 0.29) is 29.5 Å². The summed E-state index contributed by atoms with van der Waals surface area (Å²) in [4.78, 5) is 15.8. The van der Waals surface area contributed by atoms with E-state index < -0.39 is 0 Å². The lowest BCUT2D eigenvalue weighted by Crippen LogP contribution is -2.37. The second-order valence-electron chi connectivity index (χ2n) is 5.53. The number of pyridine rings is 1. The molecular weight excluding hydrogens is 486 g/mol. The number of unbranched alkanes of at least 4 members (excludes halogenated alkanes) is 1. The maximum absolute atomic E-state index is 11.6. The van der Waals surface area contributed by atoms with Crippen LogP contribution in [0.4, 0.5) is 0 Å². The van der Waals surface area contributed by atoms with Crippen molar-refractivity contribution in [3.8, 4) is 0 Å². The largest absolute Gasteiger partial charge is 0.356 e. The summed E-state index contributed by atoms with van der Waals surface area (Å²) < 4.78 is 1.72. The van der Waals surface area contributed by atoms with Gasteiger partial charge in [-0.25, -0.2) is 0 Å². The average molecular weight is 509 g/mol. The van der Waals surface area contributed by atoms with Crippen LogP contribution in [0.5, 0.6) is 0 Å². The number of hydrogen-bond acceptors (Lipinski definition) is 2. The van der Waals surface area contributed by atoms with Crippen molar-refractivity contribution in [2.45, 2.75) is 25.9 Å². The van der Waals surface area contributed by atoms with E-state index >= 15 is 0 Å². The topological polar surface area (TPSA) is 58.4 Å². The first-order valence-electron chi connectivity index (χ1n) is 8.14. The van der Waals surface area contributed by atoms with E-state index in [1.807, 2.05) is 24.4 Å². The number of nitrogens with zero attached hydrogens (tertiary/aromatic N) is 2. The van der Waals surface area contributed by atoms with Crippen LogP contribution in [0.3, 0.4) is 0 Å². The molecule has 0 unspecified atom stereocenters. The Morgan fingerprint density at radius 2 is 1.96 bits per heavy atom. The number of aryl methyl sites for hydroxylation is 1. The molecule has 0 radical (unpaired) electrons. The summed E-state index contributed by atoms with van der Waals surface area (Å²) in [6.07, 6.45) is 3.66. The molecule has 0 aliphatic heterocycles. The lowest BCUT2D eigenvalue weighted by atomic mass is 10.2. The van der Waals surface area contributed by atoms with E-state index in [1.165, 1.54) is 0 Å². The second-order valence-corrected chi connectivity index (χ2v) is 6.37. The van der Waals surface area contributed by atoms with Crippen LogP contribution in [0, 0.1) is 0 Å². The fourth-order valence-electron chi connectivity index (χ4n) is 2.32. The van der Waals surface area contributed by atoms with Gasteiger partial charge in [-0.05, 0) is 36.6 Å². The summed E-state index contributed by atoms with van der Waals surface area (Å²) in [7, 11) is 1.72. The molecule has 2 aromatic rings. The van der Waals surface area contributed by atoms with Gasteiger partial charge in [-0.2, -0.15) is 0 Å².